The van der Waals surface area contributed by atoms with Crippen molar-refractivity contribution in [3.05, 3.63) is 23.4 Å². The van der Waals surface area contributed by atoms with Crippen molar-refractivity contribution < 1.29 is 4.79 Å². The van der Waals surface area contributed by atoms with Crippen LogP contribution in [-0.2, 0) is 0 Å². The topological polar surface area (TPSA) is 59.2 Å². The van der Waals surface area contributed by atoms with Crippen LogP contribution in [0.5, 0.6) is 0 Å². The van der Waals surface area contributed by atoms with Crippen LogP contribution in [0, 0.1) is 12.3 Å². The molecule has 1 heterocycles. The van der Waals surface area contributed by atoms with Gasteiger partial charge in [0.05, 0.1) is 0 Å². The lowest BCUT2D eigenvalue weighted by atomic mass is 9.87. The Kier molecular flexibility index (Phi) is 3.99. The lowest BCUT2D eigenvalue weighted by molar-refractivity contribution is 0.0629. The minimum Gasteiger partial charge on any atom is -0.384 e. The molecule has 0 spiro atoms. The molecule has 1 rings (SSSR count). The fourth-order valence-corrected chi connectivity index (χ4v) is 1.78. The van der Waals surface area contributed by atoms with Gasteiger partial charge in [0.15, 0.2) is 0 Å². The lowest BCUT2D eigenvalue weighted by Gasteiger charge is -2.35. The number of aryl methyl sites for hydroxylation is 1. The van der Waals surface area contributed by atoms with Crippen molar-refractivity contribution in [1.82, 2.24) is 9.88 Å². The van der Waals surface area contributed by atoms with Gasteiger partial charge in [0.1, 0.15) is 5.82 Å². The smallest absolute Gasteiger partial charge is 0.254 e. The summed E-state index contributed by atoms with van der Waals surface area (Å²) in [6.07, 6.45) is 0. The first-order valence-corrected chi connectivity index (χ1v) is 6.14. The molecule has 0 bridgehead atoms. The minimum atomic E-state index is -0.0189. The molecule has 0 saturated carbocycles. The number of aromatic nitrogens is 1. The summed E-state index contributed by atoms with van der Waals surface area (Å²) in [6.45, 7) is 10.2. The molecular formula is C14H23N3O. The van der Waals surface area contributed by atoms with Crippen LogP contribution >= 0.6 is 0 Å². The highest BCUT2D eigenvalue weighted by Gasteiger charge is 2.27. The largest absolute Gasteiger partial charge is 0.384 e. The van der Waals surface area contributed by atoms with Crippen molar-refractivity contribution in [3.63, 3.8) is 0 Å². The van der Waals surface area contributed by atoms with Crippen molar-refractivity contribution in [2.75, 3.05) is 12.8 Å². The van der Waals surface area contributed by atoms with E-state index in [9.17, 15) is 4.79 Å². The molecule has 0 aliphatic carbocycles. The Morgan fingerprint density at radius 1 is 1.39 bits per heavy atom. The van der Waals surface area contributed by atoms with E-state index < -0.39 is 0 Å². The molecule has 1 atom stereocenters. The average molecular weight is 249 g/mol. The number of nitrogens with two attached hydrogens (primary N) is 1. The second-order valence-corrected chi connectivity index (χ2v) is 5.88. The van der Waals surface area contributed by atoms with E-state index in [1.54, 1.807) is 17.0 Å². The van der Waals surface area contributed by atoms with Crippen molar-refractivity contribution in [2.24, 2.45) is 5.41 Å². The van der Waals surface area contributed by atoms with Gasteiger partial charge in [0, 0.05) is 24.3 Å². The van der Waals surface area contributed by atoms with Gasteiger partial charge in [-0.05, 0) is 31.4 Å². The highest BCUT2D eigenvalue weighted by Crippen LogP contribution is 2.24. The maximum atomic E-state index is 12.4. The molecule has 1 aromatic rings. The lowest BCUT2D eigenvalue weighted by Crippen LogP contribution is -2.43. The molecule has 18 heavy (non-hydrogen) atoms. The number of amides is 1. The molecule has 100 valence electrons. The first-order valence-electron chi connectivity index (χ1n) is 6.14. The van der Waals surface area contributed by atoms with E-state index in [1.165, 1.54) is 0 Å². The Bertz CT molecular complexity index is 429. The number of carbonyl (C=O) groups is 1. The van der Waals surface area contributed by atoms with Crippen LogP contribution in [0.1, 0.15) is 43.7 Å². The van der Waals surface area contributed by atoms with Gasteiger partial charge >= 0.3 is 0 Å². The molecule has 0 aliphatic heterocycles. The Hall–Kier alpha value is -1.58. The highest BCUT2D eigenvalue weighted by atomic mass is 16.2. The first-order chi connectivity index (χ1) is 8.12. The van der Waals surface area contributed by atoms with Gasteiger partial charge in [0.25, 0.3) is 5.91 Å². The fourth-order valence-electron chi connectivity index (χ4n) is 1.78. The van der Waals surface area contributed by atoms with Crippen LogP contribution in [0.2, 0.25) is 0 Å². The number of carbonyl (C=O) groups excluding carboxylic acids is 1. The van der Waals surface area contributed by atoms with Gasteiger partial charge in [0.2, 0.25) is 0 Å². The van der Waals surface area contributed by atoms with Crippen LogP contribution < -0.4 is 5.73 Å². The summed E-state index contributed by atoms with van der Waals surface area (Å²) in [5.41, 5.74) is 7.07. The van der Waals surface area contributed by atoms with E-state index in [0.29, 0.717) is 11.4 Å². The van der Waals surface area contributed by atoms with E-state index in [2.05, 4.69) is 32.7 Å². The maximum absolute atomic E-state index is 12.4. The predicted octanol–water partition coefficient (Wildman–Crippen LogP) is 2.48. The zero-order valence-electron chi connectivity index (χ0n) is 12.1. The zero-order valence-corrected chi connectivity index (χ0v) is 12.1. The molecule has 4 heteroatoms. The highest BCUT2D eigenvalue weighted by molar-refractivity contribution is 5.95. The van der Waals surface area contributed by atoms with Crippen molar-refractivity contribution in [2.45, 2.75) is 40.7 Å². The third kappa shape index (κ3) is 3.22. The molecule has 1 unspecified atom stereocenters. The Morgan fingerprint density at radius 3 is 2.39 bits per heavy atom. The third-order valence-corrected chi connectivity index (χ3v) is 3.37. The number of anilines is 1. The molecule has 0 aliphatic rings. The van der Waals surface area contributed by atoms with Gasteiger partial charge < -0.3 is 10.6 Å². The van der Waals surface area contributed by atoms with Crippen molar-refractivity contribution >= 4 is 11.7 Å². The van der Waals surface area contributed by atoms with Crippen LogP contribution in [0.4, 0.5) is 5.82 Å². The van der Waals surface area contributed by atoms with E-state index in [0.717, 1.165) is 5.69 Å². The van der Waals surface area contributed by atoms with Gasteiger partial charge in [-0.2, -0.15) is 0 Å². The Balaban J connectivity index is 3.00. The number of nitrogen functional groups attached to an aromatic ring is 1. The third-order valence-electron chi connectivity index (χ3n) is 3.37. The second-order valence-electron chi connectivity index (χ2n) is 5.88. The summed E-state index contributed by atoms with van der Waals surface area (Å²) in [4.78, 5) is 18.2. The molecule has 0 aromatic carbocycles. The Morgan fingerprint density at radius 2 is 1.94 bits per heavy atom. The van der Waals surface area contributed by atoms with Crippen LogP contribution in [0.25, 0.3) is 0 Å². The Labute approximate surface area is 109 Å². The van der Waals surface area contributed by atoms with Gasteiger partial charge in [-0.15, -0.1) is 0 Å². The number of hydrogen-bond acceptors (Lipinski definition) is 3. The first kappa shape index (κ1) is 14.5. The summed E-state index contributed by atoms with van der Waals surface area (Å²) in [6, 6.07) is 3.53. The number of hydrogen-bond donors (Lipinski definition) is 1. The molecule has 0 radical (unpaired) electrons. The van der Waals surface area contributed by atoms with Gasteiger partial charge in [-0.25, -0.2) is 4.98 Å². The summed E-state index contributed by atoms with van der Waals surface area (Å²) in [5.74, 6) is 0.366. The standard InChI is InChI=1S/C14H23N3O/c1-9-7-11(8-12(15)16-9)13(18)17(6)10(2)14(3,4)5/h7-8,10H,1-6H3,(H2,15,16). The normalized spacial score (nSPS) is 13.2. The predicted molar refractivity (Wildman–Crippen MR) is 74.4 cm³/mol. The van der Waals surface area contributed by atoms with E-state index >= 15 is 0 Å². The quantitative estimate of drug-likeness (QED) is 0.876. The number of rotatable bonds is 2. The molecule has 2 N–H and O–H groups in total. The molecule has 4 nitrogen and oxygen atoms in total. The van der Waals surface area contributed by atoms with E-state index in [1.807, 2.05) is 14.0 Å². The summed E-state index contributed by atoms with van der Waals surface area (Å²) in [5, 5.41) is 0. The number of pyridine rings is 1. The van der Waals surface area contributed by atoms with Crippen molar-refractivity contribution in [3.8, 4) is 0 Å². The molecule has 1 aromatic heterocycles. The summed E-state index contributed by atoms with van der Waals surface area (Å²) in [7, 11) is 1.82. The van der Waals surface area contributed by atoms with Gasteiger partial charge in [-0.3, -0.25) is 4.79 Å². The molecular weight excluding hydrogens is 226 g/mol. The minimum absolute atomic E-state index is 0.0189. The SMILES string of the molecule is Cc1cc(C(=O)N(C)C(C)C(C)(C)C)cc(N)n1. The van der Waals surface area contributed by atoms with Crippen LogP contribution in [0.15, 0.2) is 12.1 Å². The van der Waals surface area contributed by atoms with Gasteiger partial charge in [-0.1, -0.05) is 20.8 Å². The zero-order chi connectivity index (χ0) is 14.1. The monoisotopic (exact) mass is 249 g/mol. The van der Waals surface area contributed by atoms with Crippen LogP contribution in [0.3, 0.4) is 0 Å². The number of nitrogens with zero attached hydrogens (tertiary/aromatic N) is 2. The summed E-state index contributed by atoms with van der Waals surface area (Å²) < 4.78 is 0. The molecule has 0 fully saturated rings. The van der Waals surface area contributed by atoms with Crippen molar-refractivity contribution in [1.29, 1.82) is 0 Å². The molecule has 1 amide bonds. The maximum Gasteiger partial charge on any atom is 0.254 e. The van der Waals surface area contributed by atoms with E-state index in [-0.39, 0.29) is 17.4 Å². The fraction of sp³-hybridized carbons (Fsp3) is 0.571. The molecule has 0 saturated heterocycles. The second kappa shape index (κ2) is 4.96. The average Bonchev–Trinajstić information content (AvgIpc) is 2.23. The summed E-state index contributed by atoms with van der Waals surface area (Å²) >= 11 is 0. The van der Waals surface area contributed by atoms with Crippen LogP contribution in [-0.4, -0.2) is 28.9 Å². The van der Waals surface area contributed by atoms with E-state index in [4.69, 9.17) is 5.73 Å².